The molecule has 0 bridgehead atoms. The molecule has 0 spiro atoms. The van der Waals surface area contributed by atoms with E-state index in [4.69, 9.17) is 22.1 Å². The number of nitrogens with two attached hydrogens (primary N) is 1. The van der Waals surface area contributed by atoms with Crippen molar-refractivity contribution in [1.29, 1.82) is 0 Å². The second kappa shape index (κ2) is 8.01. The van der Waals surface area contributed by atoms with Gasteiger partial charge in [0.25, 0.3) is 0 Å². The van der Waals surface area contributed by atoms with E-state index in [9.17, 15) is 8.42 Å². The zero-order chi connectivity index (χ0) is 17.9. The molecule has 2 N–H and O–H groups in total. The summed E-state index contributed by atoms with van der Waals surface area (Å²) in [6.45, 7) is 2.17. The molecular formula is C18H23ClN2O3S. The molecule has 0 atom stereocenters. The lowest BCUT2D eigenvalue weighted by Crippen LogP contribution is -2.41. The summed E-state index contributed by atoms with van der Waals surface area (Å²) in [5.74, 6) is 0. The lowest BCUT2D eigenvalue weighted by molar-refractivity contribution is 0.0209. The van der Waals surface area contributed by atoms with Gasteiger partial charge < -0.3 is 10.5 Å². The highest BCUT2D eigenvalue weighted by molar-refractivity contribution is 7.89. The maximum atomic E-state index is 13.1. The first-order valence-corrected chi connectivity index (χ1v) is 10.3. The molecule has 0 saturated carbocycles. The molecule has 1 saturated heterocycles. The van der Waals surface area contributed by atoms with Crippen LogP contribution in [0.4, 0.5) is 0 Å². The van der Waals surface area contributed by atoms with Crippen molar-refractivity contribution in [3.8, 4) is 0 Å². The Morgan fingerprint density at radius 2 is 1.80 bits per heavy atom. The summed E-state index contributed by atoms with van der Waals surface area (Å²) in [5.41, 5.74) is 5.47. The summed E-state index contributed by atoms with van der Waals surface area (Å²) < 4.78 is 33.5. The van der Waals surface area contributed by atoms with Crippen molar-refractivity contribution in [3.63, 3.8) is 0 Å². The fourth-order valence-electron chi connectivity index (χ4n) is 3.17. The number of halogens is 1. The maximum absolute atomic E-state index is 13.1. The smallest absolute Gasteiger partial charge is 0.243 e. The van der Waals surface area contributed by atoms with E-state index in [1.165, 1.54) is 0 Å². The molecule has 1 aliphatic rings. The molecule has 2 aromatic carbocycles. The third-order valence-electron chi connectivity index (χ3n) is 4.55. The summed E-state index contributed by atoms with van der Waals surface area (Å²) in [6.07, 6.45) is 2.35. The van der Waals surface area contributed by atoms with E-state index in [1.54, 1.807) is 22.5 Å². The summed E-state index contributed by atoms with van der Waals surface area (Å²) in [7, 11) is -3.55. The number of fused-ring (bicyclic) bond motifs is 1. The van der Waals surface area contributed by atoms with Crippen molar-refractivity contribution in [3.05, 3.63) is 41.4 Å². The number of hydrogen-bond acceptors (Lipinski definition) is 4. The van der Waals surface area contributed by atoms with E-state index in [0.29, 0.717) is 54.4 Å². The number of rotatable bonds is 6. The number of ether oxygens (including phenoxy) is 1. The largest absolute Gasteiger partial charge is 0.378 e. The third kappa shape index (κ3) is 3.99. The molecule has 3 rings (SSSR count). The average molecular weight is 383 g/mol. The predicted molar refractivity (Wildman–Crippen MR) is 100 cm³/mol. The lowest BCUT2D eigenvalue weighted by atomic mass is 10.1. The minimum atomic E-state index is -3.55. The molecule has 0 radical (unpaired) electrons. The van der Waals surface area contributed by atoms with Crippen LogP contribution in [0.15, 0.2) is 41.3 Å². The molecule has 136 valence electrons. The molecule has 1 fully saturated rings. The fourth-order valence-corrected chi connectivity index (χ4v) is 5.06. The topological polar surface area (TPSA) is 72.6 Å². The van der Waals surface area contributed by atoms with Gasteiger partial charge in [0.15, 0.2) is 0 Å². The molecule has 0 aromatic heterocycles. The van der Waals surface area contributed by atoms with Crippen molar-refractivity contribution in [2.75, 3.05) is 26.2 Å². The van der Waals surface area contributed by atoms with Crippen LogP contribution < -0.4 is 5.73 Å². The lowest BCUT2D eigenvalue weighted by Gasteiger charge is -2.31. The van der Waals surface area contributed by atoms with E-state index >= 15 is 0 Å². The second-order valence-electron chi connectivity index (χ2n) is 6.21. The summed E-state index contributed by atoms with van der Waals surface area (Å²) in [5, 5.41) is 1.98. The van der Waals surface area contributed by atoms with Crippen LogP contribution in [0.3, 0.4) is 0 Å². The maximum Gasteiger partial charge on any atom is 0.243 e. The van der Waals surface area contributed by atoms with Crippen LogP contribution in [0.5, 0.6) is 0 Å². The first kappa shape index (κ1) is 18.6. The first-order chi connectivity index (χ1) is 12.0. The van der Waals surface area contributed by atoms with Crippen molar-refractivity contribution < 1.29 is 13.2 Å². The van der Waals surface area contributed by atoms with Crippen molar-refractivity contribution in [1.82, 2.24) is 4.31 Å². The van der Waals surface area contributed by atoms with Gasteiger partial charge in [0, 0.05) is 35.5 Å². The highest BCUT2D eigenvalue weighted by atomic mass is 35.5. The van der Waals surface area contributed by atoms with Crippen molar-refractivity contribution in [2.24, 2.45) is 5.73 Å². The number of piperidine rings is 1. The van der Waals surface area contributed by atoms with Crippen molar-refractivity contribution in [2.45, 2.75) is 30.3 Å². The molecule has 1 heterocycles. The number of benzene rings is 2. The van der Waals surface area contributed by atoms with Crippen LogP contribution in [-0.4, -0.2) is 45.1 Å². The molecule has 7 heteroatoms. The van der Waals surface area contributed by atoms with Gasteiger partial charge in [-0.05, 0) is 37.9 Å². The minimum Gasteiger partial charge on any atom is -0.378 e. The minimum absolute atomic E-state index is 0.111. The van der Waals surface area contributed by atoms with Gasteiger partial charge in [0.2, 0.25) is 10.0 Å². The van der Waals surface area contributed by atoms with Crippen LogP contribution in [0.1, 0.15) is 19.3 Å². The van der Waals surface area contributed by atoms with E-state index in [2.05, 4.69) is 0 Å². The number of nitrogens with zero attached hydrogens (tertiary/aromatic N) is 1. The van der Waals surface area contributed by atoms with Gasteiger partial charge in [0.1, 0.15) is 0 Å². The Morgan fingerprint density at radius 3 is 2.48 bits per heavy atom. The van der Waals surface area contributed by atoms with E-state index < -0.39 is 10.0 Å². The van der Waals surface area contributed by atoms with Gasteiger partial charge in [-0.1, -0.05) is 35.9 Å². The van der Waals surface area contributed by atoms with Crippen LogP contribution >= 0.6 is 11.6 Å². The van der Waals surface area contributed by atoms with Gasteiger partial charge >= 0.3 is 0 Å². The Kier molecular flexibility index (Phi) is 5.96. The molecule has 2 aromatic rings. The van der Waals surface area contributed by atoms with Gasteiger partial charge in [-0.15, -0.1) is 0 Å². The SMILES string of the molecule is NCCCOC1CCN(S(=O)(=O)c2ccc(Cl)c3ccccc23)CC1. The predicted octanol–water partition coefficient (Wildman–Crippen LogP) is 3.01. The van der Waals surface area contributed by atoms with Gasteiger partial charge in [-0.3, -0.25) is 0 Å². The highest BCUT2D eigenvalue weighted by Gasteiger charge is 2.31. The Morgan fingerprint density at radius 1 is 1.12 bits per heavy atom. The normalized spacial score (nSPS) is 17.2. The summed E-state index contributed by atoms with van der Waals surface area (Å²) in [4.78, 5) is 0.315. The van der Waals surface area contributed by atoms with Gasteiger partial charge in [0.05, 0.1) is 11.0 Å². The Balaban J connectivity index is 1.79. The molecule has 25 heavy (non-hydrogen) atoms. The summed E-state index contributed by atoms with van der Waals surface area (Å²) in [6, 6.07) is 10.6. The highest BCUT2D eigenvalue weighted by Crippen LogP contribution is 2.32. The second-order valence-corrected chi connectivity index (χ2v) is 8.52. The van der Waals surface area contributed by atoms with E-state index in [1.807, 2.05) is 18.2 Å². The fraction of sp³-hybridized carbons (Fsp3) is 0.444. The molecular weight excluding hydrogens is 360 g/mol. The molecule has 5 nitrogen and oxygen atoms in total. The van der Waals surface area contributed by atoms with E-state index in [0.717, 1.165) is 11.8 Å². The first-order valence-electron chi connectivity index (χ1n) is 8.53. The van der Waals surface area contributed by atoms with Gasteiger partial charge in [-0.25, -0.2) is 8.42 Å². The number of sulfonamides is 1. The van der Waals surface area contributed by atoms with Crippen LogP contribution in [0.25, 0.3) is 10.8 Å². The van der Waals surface area contributed by atoms with Gasteiger partial charge in [-0.2, -0.15) is 4.31 Å². The van der Waals surface area contributed by atoms with Crippen LogP contribution in [0.2, 0.25) is 5.02 Å². The standard InChI is InChI=1S/C18H23ClN2O3S/c19-17-6-7-18(16-5-2-1-4-15(16)17)25(22,23)21-11-8-14(9-12-21)24-13-3-10-20/h1-2,4-7,14H,3,8-13,20H2. The van der Waals surface area contributed by atoms with Crippen LogP contribution in [0, 0.1) is 0 Å². The molecule has 0 unspecified atom stereocenters. The Labute approximate surface area is 153 Å². The molecule has 0 amide bonds. The third-order valence-corrected chi connectivity index (χ3v) is 6.84. The number of hydrogen-bond donors (Lipinski definition) is 1. The quantitative estimate of drug-likeness (QED) is 0.779. The van der Waals surface area contributed by atoms with Crippen LogP contribution in [-0.2, 0) is 14.8 Å². The average Bonchev–Trinajstić information content (AvgIpc) is 2.63. The summed E-state index contributed by atoms with van der Waals surface area (Å²) >= 11 is 6.21. The van der Waals surface area contributed by atoms with E-state index in [-0.39, 0.29) is 6.10 Å². The molecule has 1 aliphatic heterocycles. The monoisotopic (exact) mass is 382 g/mol. The Hall–Kier alpha value is -1.18. The zero-order valence-electron chi connectivity index (χ0n) is 14.0. The zero-order valence-corrected chi connectivity index (χ0v) is 15.6. The Bertz CT molecular complexity index is 833. The molecule has 0 aliphatic carbocycles. The van der Waals surface area contributed by atoms with Crippen molar-refractivity contribution >= 4 is 32.4 Å².